The Balaban J connectivity index is 0.000000275. The maximum atomic E-state index is 14.3. The Hall–Kier alpha value is -3.31. The van der Waals surface area contributed by atoms with Crippen molar-refractivity contribution in [1.29, 1.82) is 0 Å². The Bertz CT molecular complexity index is 1070. The maximum Gasteiger partial charge on any atom is 0.314 e. The van der Waals surface area contributed by atoms with Crippen molar-refractivity contribution in [3.63, 3.8) is 0 Å². The Kier molecular flexibility index (Phi) is 10.4. The number of halogens is 4. The molecule has 0 saturated carbocycles. The first-order valence-corrected chi connectivity index (χ1v) is 11.6. The van der Waals surface area contributed by atoms with Gasteiger partial charge < -0.3 is 19.5 Å². The fraction of sp³-hybridized carbons (Fsp3) is 0.400. The average molecular weight is 508 g/mol. The minimum Gasteiger partial charge on any atom is -0.415 e. The van der Waals surface area contributed by atoms with Crippen molar-refractivity contribution in [2.24, 2.45) is 0 Å². The fourth-order valence-corrected chi connectivity index (χ4v) is 3.64. The Labute approximate surface area is 207 Å². The molecule has 1 aliphatic rings. The van der Waals surface area contributed by atoms with Crippen LogP contribution in [0.2, 0.25) is 0 Å². The molecule has 4 rings (SSSR count). The lowest BCUT2D eigenvalue weighted by Gasteiger charge is -2.28. The summed E-state index contributed by atoms with van der Waals surface area (Å²) in [6, 6.07) is 12.8. The number of likely N-dealkylation sites (N-methyl/N-ethyl adjacent to an activating group) is 1. The van der Waals surface area contributed by atoms with Gasteiger partial charge in [0.25, 0.3) is 5.89 Å². The van der Waals surface area contributed by atoms with E-state index in [-0.39, 0.29) is 23.6 Å². The minimum absolute atomic E-state index is 0.0196. The number of amides is 1. The molecule has 2 heterocycles. The van der Waals surface area contributed by atoms with Crippen LogP contribution < -0.4 is 10.2 Å². The molecule has 2 aromatic carbocycles. The van der Waals surface area contributed by atoms with E-state index in [1.165, 1.54) is 17.0 Å². The molecule has 1 saturated heterocycles. The van der Waals surface area contributed by atoms with Crippen molar-refractivity contribution < 1.29 is 26.8 Å². The molecule has 36 heavy (non-hydrogen) atoms. The van der Waals surface area contributed by atoms with E-state index in [1.807, 2.05) is 7.05 Å². The van der Waals surface area contributed by atoms with Crippen molar-refractivity contribution in [2.75, 3.05) is 38.1 Å². The second-order valence-electron chi connectivity index (χ2n) is 8.24. The van der Waals surface area contributed by atoms with E-state index in [1.54, 1.807) is 30.3 Å². The normalized spacial score (nSPS) is 14.4. The number of hydrogen-bond donors (Lipinski definition) is 1. The van der Waals surface area contributed by atoms with Gasteiger partial charge in [0.1, 0.15) is 12.0 Å². The van der Waals surface area contributed by atoms with Gasteiger partial charge in [-0.15, -0.1) is 10.2 Å². The summed E-state index contributed by atoms with van der Waals surface area (Å²) in [6.45, 7) is 3.96. The van der Waals surface area contributed by atoms with Crippen LogP contribution in [0.5, 0.6) is 0 Å². The molecule has 0 radical (unpaired) electrons. The smallest absolute Gasteiger partial charge is 0.314 e. The van der Waals surface area contributed by atoms with Crippen molar-refractivity contribution in [2.45, 2.75) is 32.0 Å². The molecule has 1 aromatic heterocycles. The Morgan fingerprint density at radius 3 is 2.47 bits per heavy atom. The van der Waals surface area contributed by atoms with Gasteiger partial charge in [-0.3, -0.25) is 4.79 Å². The largest absolute Gasteiger partial charge is 0.415 e. The zero-order valence-electron chi connectivity index (χ0n) is 19.9. The number of hydrogen-bond acceptors (Lipinski definition) is 6. The summed E-state index contributed by atoms with van der Waals surface area (Å²) in [5.74, 6) is -1.64. The molecule has 3 aromatic rings. The topological polar surface area (TPSA) is 74.5 Å². The van der Waals surface area contributed by atoms with Crippen molar-refractivity contribution in [1.82, 2.24) is 20.4 Å². The highest BCUT2D eigenvalue weighted by Gasteiger charge is 2.19. The van der Waals surface area contributed by atoms with Crippen LogP contribution in [0.3, 0.4) is 0 Å². The molecule has 0 aliphatic carbocycles. The number of nitrogens with zero attached hydrogens (tertiary/aromatic N) is 4. The van der Waals surface area contributed by atoms with E-state index >= 15 is 0 Å². The average Bonchev–Trinajstić information content (AvgIpc) is 3.39. The van der Waals surface area contributed by atoms with E-state index < -0.39 is 24.3 Å². The standard InChI is InChI=1S/C17H12F3N3O2.C8H17FN2/c18-14-8-11(16-21-22-17(25-16)15(19)20)6-7-12(14)9-23(10-24)13-4-2-1-3-5-13;1-10-4-7-11-5-2-8(9)3-6-11/h1-8,10,15H,9H2;8,10H,2-7H2,1H3. The molecule has 194 valence electrons. The third-order valence-electron chi connectivity index (χ3n) is 5.68. The number of anilines is 1. The molecule has 11 heteroatoms. The third kappa shape index (κ3) is 7.85. The fourth-order valence-electron chi connectivity index (χ4n) is 3.64. The number of carbonyl (C=O) groups excluding carboxylic acids is 1. The first-order valence-electron chi connectivity index (χ1n) is 11.6. The number of alkyl halides is 3. The Morgan fingerprint density at radius 1 is 1.17 bits per heavy atom. The van der Waals surface area contributed by atoms with Gasteiger partial charge >= 0.3 is 6.43 Å². The third-order valence-corrected chi connectivity index (χ3v) is 5.68. The minimum atomic E-state index is -2.89. The zero-order chi connectivity index (χ0) is 25.9. The highest BCUT2D eigenvalue weighted by atomic mass is 19.3. The highest BCUT2D eigenvalue weighted by molar-refractivity contribution is 5.75. The van der Waals surface area contributed by atoms with Crippen LogP contribution in [0, 0.1) is 5.82 Å². The van der Waals surface area contributed by atoms with Crippen molar-refractivity contribution >= 4 is 12.1 Å². The predicted molar refractivity (Wildman–Crippen MR) is 128 cm³/mol. The van der Waals surface area contributed by atoms with Gasteiger partial charge in [0, 0.05) is 43.0 Å². The van der Waals surface area contributed by atoms with Crippen LogP contribution >= 0.6 is 0 Å². The van der Waals surface area contributed by atoms with E-state index in [2.05, 4.69) is 20.4 Å². The molecule has 1 N–H and O–H groups in total. The number of nitrogens with one attached hydrogen (secondary N) is 1. The van der Waals surface area contributed by atoms with Gasteiger partial charge in [-0.25, -0.2) is 8.78 Å². The van der Waals surface area contributed by atoms with Crippen LogP contribution in [-0.2, 0) is 11.3 Å². The molecule has 0 unspecified atom stereocenters. The van der Waals surface area contributed by atoms with Crippen LogP contribution in [0.25, 0.3) is 11.5 Å². The number of carbonyl (C=O) groups is 1. The summed E-state index contributed by atoms with van der Waals surface area (Å²) in [6.07, 6.45) is -1.37. The highest BCUT2D eigenvalue weighted by Crippen LogP contribution is 2.25. The predicted octanol–water partition coefficient (Wildman–Crippen LogP) is 4.62. The molecule has 1 amide bonds. The summed E-state index contributed by atoms with van der Waals surface area (Å²) >= 11 is 0. The molecular formula is C25H29F4N5O2. The van der Waals surface area contributed by atoms with E-state index in [9.17, 15) is 22.4 Å². The lowest BCUT2D eigenvalue weighted by Crippen LogP contribution is -2.38. The van der Waals surface area contributed by atoms with E-state index in [4.69, 9.17) is 4.42 Å². The number of piperidine rings is 1. The number of likely N-dealkylation sites (tertiary alicyclic amines) is 1. The first-order chi connectivity index (χ1) is 17.4. The quantitative estimate of drug-likeness (QED) is 0.337. The van der Waals surface area contributed by atoms with Gasteiger partial charge in [-0.1, -0.05) is 24.3 Å². The molecule has 0 atom stereocenters. The summed E-state index contributed by atoms with van der Waals surface area (Å²) < 4.78 is 56.7. The molecule has 7 nitrogen and oxygen atoms in total. The summed E-state index contributed by atoms with van der Waals surface area (Å²) in [7, 11) is 1.95. The lowest BCUT2D eigenvalue weighted by atomic mass is 10.1. The molecule has 0 bridgehead atoms. The number of aromatic nitrogens is 2. The van der Waals surface area contributed by atoms with E-state index in [0.29, 0.717) is 12.1 Å². The molecular weight excluding hydrogens is 478 g/mol. The maximum absolute atomic E-state index is 14.3. The second-order valence-corrected chi connectivity index (χ2v) is 8.24. The second kappa shape index (κ2) is 13.7. The lowest BCUT2D eigenvalue weighted by molar-refractivity contribution is -0.107. The van der Waals surface area contributed by atoms with Gasteiger partial charge in [0.15, 0.2) is 0 Å². The number of para-hydroxylation sites is 1. The SMILES string of the molecule is CNCCN1CCC(F)CC1.O=CN(Cc1ccc(-c2nnc(C(F)F)o2)cc1F)c1ccccc1. The van der Waals surface area contributed by atoms with Crippen molar-refractivity contribution in [3.8, 4) is 11.5 Å². The van der Waals surface area contributed by atoms with Gasteiger partial charge in [0.05, 0.1) is 6.54 Å². The zero-order valence-corrected chi connectivity index (χ0v) is 19.9. The van der Waals surface area contributed by atoms with Crippen LogP contribution in [0.15, 0.2) is 52.9 Å². The van der Waals surface area contributed by atoms with Crippen molar-refractivity contribution in [3.05, 3.63) is 65.8 Å². The van der Waals surface area contributed by atoms with Crippen LogP contribution in [0.1, 0.15) is 30.7 Å². The molecule has 1 aliphatic heterocycles. The monoisotopic (exact) mass is 507 g/mol. The van der Waals surface area contributed by atoms with Gasteiger partial charge in [-0.05, 0) is 44.2 Å². The Morgan fingerprint density at radius 2 is 1.89 bits per heavy atom. The summed E-state index contributed by atoms with van der Waals surface area (Å²) in [4.78, 5) is 14.9. The van der Waals surface area contributed by atoms with Crippen LogP contribution in [-0.4, -0.2) is 60.9 Å². The van der Waals surface area contributed by atoms with E-state index in [0.717, 1.165) is 45.1 Å². The van der Waals surface area contributed by atoms with Gasteiger partial charge in [-0.2, -0.15) is 8.78 Å². The van der Waals surface area contributed by atoms with Gasteiger partial charge in [0.2, 0.25) is 12.3 Å². The summed E-state index contributed by atoms with van der Waals surface area (Å²) in [5.41, 5.74) is 1.06. The molecule has 1 fully saturated rings. The molecule has 0 spiro atoms. The first kappa shape index (κ1) is 27.3. The number of benzene rings is 2. The van der Waals surface area contributed by atoms with Crippen LogP contribution in [0.4, 0.5) is 23.2 Å². The summed E-state index contributed by atoms with van der Waals surface area (Å²) in [5, 5.41) is 9.77. The number of rotatable bonds is 9.